The summed E-state index contributed by atoms with van der Waals surface area (Å²) in [4.78, 5) is 63.1. The Hall–Kier alpha value is -7.69. The molecule has 0 bridgehead atoms. The minimum atomic E-state index is -0.999. The van der Waals surface area contributed by atoms with E-state index in [-0.39, 0.29) is 67.6 Å². The Kier molecular flexibility index (Phi) is 17.5. The first-order valence-electron chi connectivity index (χ1n) is 15.9. The number of nitriles is 4. The molecule has 0 atom stereocenters. The molecule has 0 aliphatic rings. The van der Waals surface area contributed by atoms with Gasteiger partial charge in [-0.05, 0) is 61.4 Å². The Balaban J connectivity index is 2.18. The van der Waals surface area contributed by atoms with Crippen LogP contribution in [0.3, 0.4) is 0 Å². The predicted octanol–water partition coefficient (Wildman–Crippen LogP) is 4.24. The fraction of sp³-hybridized carbons (Fsp3) is 0.237. The number of esters is 4. The Labute approximate surface area is 311 Å². The molecule has 0 N–H and O–H groups in total. The van der Waals surface area contributed by atoms with Gasteiger partial charge in [-0.2, -0.15) is 21.0 Å². The van der Waals surface area contributed by atoms with Crippen LogP contribution in [-0.4, -0.2) is 76.2 Å². The van der Waals surface area contributed by atoms with E-state index in [2.05, 4.69) is 13.2 Å². The third kappa shape index (κ3) is 12.6. The highest BCUT2D eigenvalue weighted by Gasteiger charge is 2.20. The molecule has 0 fully saturated rings. The highest BCUT2D eigenvalue weighted by atomic mass is 16.6. The summed E-state index contributed by atoms with van der Waals surface area (Å²) in [5.74, 6) is -3.39. The van der Waals surface area contributed by atoms with Crippen molar-refractivity contribution >= 4 is 53.5 Å². The Morgan fingerprint density at radius 1 is 0.648 bits per heavy atom. The molecule has 0 aliphatic carbocycles. The second-order valence-corrected chi connectivity index (χ2v) is 10.3. The van der Waals surface area contributed by atoms with Crippen LogP contribution in [0.1, 0.15) is 36.1 Å². The van der Waals surface area contributed by atoms with E-state index in [0.717, 1.165) is 18.2 Å². The molecule has 0 unspecified atom stereocenters. The van der Waals surface area contributed by atoms with E-state index in [1.54, 1.807) is 37.0 Å². The van der Waals surface area contributed by atoms with Crippen molar-refractivity contribution in [1.29, 1.82) is 21.0 Å². The monoisotopic (exact) mass is 734 g/mol. The Morgan fingerprint density at radius 3 is 1.50 bits per heavy atom. The van der Waals surface area contributed by atoms with Gasteiger partial charge in [0.15, 0.2) is 6.73 Å². The van der Waals surface area contributed by atoms with E-state index in [1.807, 2.05) is 12.1 Å². The molecule has 0 saturated carbocycles. The zero-order valence-electron chi connectivity index (χ0n) is 29.4. The lowest BCUT2D eigenvalue weighted by Crippen LogP contribution is -2.35. The van der Waals surface area contributed by atoms with E-state index in [0.29, 0.717) is 12.2 Å². The van der Waals surface area contributed by atoms with Crippen molar-refractivity contribution in [2.24, 2.45) is 0 Å². The average molecular weight is 735 g/mol. The van der Waals surface area contributed by atoms with E-state index in [9.17, 15) is 45.0 Å². The standard InChI is InChI=1S/C38H34N6O10/c1-5-34(45)50-13-15-52-36(47)30(23-41)17-26-9-11-32(19-28(26)21-39)43(7-3)25-54-38(49)44(8-4)33-12-10-27(29(20-33)22-40)18-31(24-42)37(48)53-16-14-51-35(46)6-2/h5-6,9-12,17-20H,1-2,7-8,13-16,25H2,3-4H3/b30-17+,31-18+. The SMILES string of the molecule is C=CC(=O)OCCOC(=O)/C(C#N)=C/c1ccc(N(CC)COC(=O)N(CC)c2ccc(/C=C(\C#N)C(=O)OCCOC(=O)C=C)c(C#N)c2)cc1C#N. The van der Waals surface area contributed by atoms with Gasteiger partial charge in [-0.3, -0.25) is 4.90 Å². The van der Waals surface area contributed by atoms with E-state index < -0.39 is 41.1 Å². The maximum atomic E-state index is 13.2. The lowest BCUT2D eigenvalue weighted by molar-refractivity contribution is -0.146. The second kappa shape index (κ2) is 22.2. The maximum absolute atomic E-state index is 13.2. The molecule has 2 aromatic rings. The van der Waals surface area contributed by atoms with Crippen molar-refractivity contribution in [2.75, 3.05) is 56.0 Å². The number of carbonyl (C=O) groups is 5. The van der Waals surface area contributed by atoms with Crippen molar-refractivity contribution < 1.29 is 47.7 Å². The molecule has 16 nitrogen and oxygen atoms in total. The van der Waals surface area contributed by atoms with E-state index in [1.165, 1.54) is 41.3 Å². The Morgan fingerprint density at radius 2 is 1.09 bits per heavy atom. The molecule has 16 heteroatoms. The normalized spacial score (nSPS) is 10.5. The Bertz CT molecular complexity index is 2010. The van der Waals surface area contributed by atoms with Gasteiger partial charge in [0.05, 0.1) is 23.3 Å². The summed E-state index contributed by atoms with van der Waals surface area (Å²) in [6, 6.07) is 16.3. The van der Waals surface area contributed by atoms with Gasteiger partial charge in [-0.15, -0.1) is 0 Å². The first-order valence-corrected chi connectivity index (χ1v) is 15.9. The number of hydrogen-bond acceptors (Lipinski definition) is 15. The fourth-order valence-corrected chi connectivity index (χ4v) is 4.29. The number of hydrogen-bond donors (Lipinski definition) is 0. The number of rotatable bonds is 18. The third-order valence-corrected chi connectivity index (χ3v) is 6.99. The van der Waals surface area contributed by atoms with Gasteiger partial charge in [0.25, 0.3) is 0 Å². The highest BCUT2D eigenvalue weighted by Crippen LogP contribution is 2.24. The molecular formula is C38H34N6O10. The number of amides is 1. The maximum Gasteiger partial charge on any atom is 0.416 e. The quantitative estimate of drug-likeness (QED) is 0.0520. The lowest BCUT2D eigenvalue weighted by Gasteiger charge is -2.26. The number of carbonyl (C=O) groups excluding carboxylic acids is 5. The summed E-state index contributed by atoms with van der Waals surface area (Å²) >= 11 is 0. The van der Waals surface area contributed by atoms with Crippen LogP contribution < -0.4 is 9.80 Å². The van der Waals surface area contributed by atoms with Crippen molar-refractivity contribution in [3.05, 3.63) is 95.1 Å². The summed E-state index contributed by atoms with van der Waals surface area (Å²) < 4.78 is 24.9. The van der Waals surface area contributed by atoms with Crippen LogP contribution in [0.2, 0.25) is 0 Å². The zero-order chi connectivity index (χ0) is 40.0. The molecule has 0 saturated heterocycles. The number of anilines is 2. The van der Waals surface area contributed by atoms with Gasteiger partial charge in [0.1, 0.15) is 49.7 Å². The number of ether oxygens (including phenoxy) is 5. The van der Waals surface area contributed by atoms with Crippen LogP contribution in [0.4, 0.5) is 16.2 Å². The van der Waals surface area contributed by atoms with Gasteiger partial charge in [0.2, 0.25) is 0 Å². The smallest absolute Gasteiger partial charge is 0.416 e. The topological polar surface area (TPSA) is 233 Å². The molecule has 0 radical (unpaired) electrons. The first-order chi connectivity index (χ1) is 26.0. The summed E-state index contributed by atoms with van der Waals surface area (Å²) in [5.41, 5.74) is 0.547. The van der Waals surface area contributed by atoms with Crippen LogP contribution >= 0.6 is 0 Å². The molecule has 54 heavy (non-hydrogen) atoms. The minimum Gasteiger partial charge on any atom is -0.459 e. The van der Waals surface area contributed by atoms with Gasteiger partial charge in [-0.1, -0.05) is 25.3 Å². The number of benzene rings is 2. The van der Waals surface area contributed by atoms with Crippen LogP contribution in [0.15, 0.2) is 72.9 Å². The third-order valence-electron chi connectivity index (χ3n) is 6.99. The van der Waals surface area contributed by atoms with Crippen molar-refractivity contribution in [3.63, 3.8) is 0 Å². The highest BCUT2D eigenvalue weighted by molar-refractivity contribution is 5.99. The van der Waals surface area contributed by atoms with Crippen LogP contribution in [0.5, 0.6) is 0 Å². The molecule has 0 aromatic heterocycles. The van der Waals surface area contributed by atoms with Crippen molar-refractivity contribution in [3.8, 4) is 24.3 Å². The summed E-state index contributed by atoms with van der Waals surface area (Å²) in [7, 11) is 0. The van der Waals surface area contributed by atoms with Crippen molar-refractivity contribution in [2.45, 2.75) is 13.8 Å². The molecule has 2 rings (SSSR count). The summed E-state index contributed by atoms with van der Waals surface area (Å²) in [5, 5.41) is 38.6. The fourth-order valence-electron chi connectivity index (χ4n) is 4.29. The van der Waals surface area contributed by atoms with Gasteiger partial charge in [0, 0.05) is 36.6 Å². The lowest BCUT2D eigenvalue weighted by atomic mass is 10.0. The number of nitrogens with zero attached hydrogens (tertiary/aromatic N) is 6. The molecule has 0 aliphatic heterocycles. The minimum absolute atomic E-state index is 0.0365. The van der Waals surface area contributed by atoms with Gasteiger partial charge < -0.3 is 28.6 Å². The summed E-state index contributed by atoms with van der Waals surface area (Å²) in [6.07, 6.45) is 3.47. The van der Waals surface area contributed by atoms with E-state index in [4.69, 9.17) is 23.7 Å². The largest absolute Gasteiger partial charge is 0.459 e. The molecule has 276 valence electrons. The van der Waals surface area contributed by atoms with Crippen molar-refractivity contribution in [1.82, 2.24) is 0 Å². The molecule has 0 heterocycles. The molecule has 2 aromatic carbocycles. The summed E-state index contributed by atoms with van der Waals surface area (Å²) in [6.45, 7) is 9.10. The molecule has 1 amide bonds. The molecular weight excluding hydrogens is 700 g/mol. The van der Waals surface area contributed by atoms with Crippen LogP contribution in [-0.2, 0) is 42.9 Å². The average Bonchev–Trinajstić information content (AvgIpc) is 3.19. The van der Waals surface area contributed by atoms with E-state index >= 15 is 0 Å². The zero-order valence-corrected chi connectivity index (χ0v) is 29.4. The predicted molar refractivity (Wildman–Crippen MR) is 191 cm³/mol. The first kappa shape index (κ1) is 42.5. The molecule has 0 spiro atoms. The van der Waals surface area contributed by atoms with Gasteiger partial charge in [-0.25, -0.2) is 24.0 Å². The van der Waals surface area contributed by atoms with Crippen LogP contribution in [0, 0.1) is 45.3 Å². The van der Waals surface area contributed by atoms with Crippen LogP contribution in [0.25, 0.3) is 12.2 Å². The van der Waals surface area contributed by atoms with Gasteiger partial charge >= 0.3 is 30.0 Å². The second-order valence-electron chi connectivity index (χ2n) is 10.3.